The first-order valence-corrected chi connectivity index (χ1v) is 11.7. The van der Waals surface area contributed by atoms with Crippen molar-refractivity contribution >= 4 is 11.7 Å². The number of carboxylic acid groups (broad SMARTS) is 1. The van der Waals surface area contributed by atoms with Gasteiger partial charge in [-0.3, -0.25) is 14.4 Å². The van der Waals surface area contributed by atoms with E-state index in [1.165, 1.54) is 16.8 Å². The summed E-state index contributed by atoms with van der Waals surface area (Å²) in [5.74, 6) is -0.712. The molecule has 0 radical (unpaired) electrons. The molecule has 4 rings (SSSR count). The normalized spacial score (nSPS) is 20.7. The van der Waals surface area contributed by atoms with E-state index in [0.717, 1.165) is 43.9 Å². The molecule has 0 bridgehead atoms. The van der Waals surface area contributed by atoms with Gasteiger partial charge in [-0.15, -0.1) is 0 Å². The van der Waals surface area contributed by atoms with Crippen LogP contribution in [0, 0.1) is 19.3 Å². The van der Waals surface area contributed by atoms with Crippen LogP contribution in [-0.4, -0.2) is 50.7 Å². The van der Waals surface area contributed by atoms with Crippen molar-refractivity contribution in [2.24, 2.45) is 10.6 Å². The first kappa shape index (κ1) is 22.5. The quantitative estimate of drug-likeness (QED) is 0.669. The van der Waals surface area contributed by atoms with Gasteiger partial charge in [-0.2, -0.15) is 5.10 Å². The van der Waals surface area contributed by atoms with Gasteiger partial charge < -0.3 is 9.94 Å². The van der Waals surface area contributed by atoms with E-state index < -0.39 is 11.4 Å². The number of benzene rings is 1. The minimum Gasteiger partial charge on any atom is -0.481 e. The second-order valence-electron chi connectivity index (χ2n) is 9.38. The van der Waals surface area contributed by atoms with Crippen LogP contribution < -0.4 is 0 Å². The standard InChI is InChI=1S/C25H34N4O3/c1-4-11-29-19(3)21(16-26-29)17-28-12-9-25(10-13-28,24(30)31)15-22-14-23(27-32-22)20-7-5-18(2)6-8-20/h5-8,16,22H,4,9-15,17H2,1-3H3,(H,30,31)/t22-/m0/s1. The Balaban J connectivity index is 1.34. The van der Waals surface area contributed by atoms with Gasteiger partial charge >= 0.3 is 5.97 Å². The molecule has 7 heteroatoms. The van der Waals surface area contributed by atoms with Crippen molar-refractivity contribution in [3.8, 4) is 0 Å². The maximum atomic E-state index is 12.3. The van der Waals surface area contributed by atoms with Gasteiger partial charge in [0, 0.05) is 37.2 Å². The summed E-state index contributed by atoms with van der Waals surface area (Å²) < 4.78 is 2.06. The molecule has 0 saturated carbocycles. The van der Waals surface area contributed by atoms with Gasteiger partial charge in [0.25, 0.3) is 0 Å². The molecule has 1 aromatic heterocycles. The van der Waals surface area contributed by atoms with Gasteiger partial charge in [-0.05, 0) is 51.8 Å². The Kier molecular flexibility index (Phi) is 6.65. The molecule has 1 atom stereocenters. The zero-order chi connectivity index (χ0) is 22.7. The molecular formula is C25H34N4O3. The van der Waals surface area contributed by atoms with Gasteiger partial charge in [0.2, 0.25) is 0 Å². The number of hydrogen-bond acceptors (Lipinski definition) is 5. The highest BCUT2D eigenvalue weighted by molar-refractivity contribution is 6.01. The van der Waals surface area contributed by atoms with Crippen LogP contribution in [0.1, 0.15) is 61.4 Å². The third kappa shape index (κ3) is 4.72. The molecule has 172 valence electrons. The van der Waals surface area contributed by atoms with Gasteiger partial charge in [0.15, 0.2) is 0 Å². The molecule has 0 unspecified atom stereocenters. The summed E-state index contributed by atoms with van der Waals surface area (Å²) in [7, 11) is 0. The molecule has 1 N–H and O–H groups in total. The predicted octanol–water partition coefficient (Wildman–Crippen LogP) is 4.16. The lowest BCUT2D eigenvalue weighted by Gasteiger charge is -2.39. The molecule has 1 fully saturated rings. The highest BCUT2D eigenvalue weighted by atomic mass is 16.6. The summed E-state index contributed by atoms with van der Waals surface area (Å²) in [5.41, 5.74) is 4.86. The van der Waals surface area contributed by atoms with E-state index in [1.54, 1.807) is 0 Å². The second-order valence-corrected chi connectivity index (χ2v) is 9.38. The lowest BCUT2D eigenvalue weighted by molar-refractivity contribution is -0.155. The monoisotopic (exact) mass is 438 g/mol. The molecule has 1 saturated heterocycles. The van der Waals surface area contributed by atoms with Crippen LogP contribution in [-0.2, 0) is 22.7 Å². The topological polar surface area (TPSA) is 80.0 Å². The fourth-order valence-electron chi connectivity index (χ4n) is 4.85. The van der Waals surface area contributed by atoms with Crippen molar-refractivity contribution < 1.29 is 14.7 Å². The van der Waals surface area contributed by atoms with Gasteiger partial charge in [0.1, 0.15) is 6.10 Å². The molecule has 2 aliphatic rings. The van der Waals surface area contributed by atoms with Crippen molar-refractivity contribution in [2.75, 3.05) is 13.1 Å². The van der Waals surface area contributed by atoms with Crippen LogP contribution >= 0.6 is 0 Å². The lowest BCUT2D eigenvalue weighted by atomic mass is 9.73. The number of aryl methyl sites for hydroxylation is 2. The van der Waals surface area contributed by atoms with Crippen molar-refractivity contribution in [1.82, 2.24) is 14.7 Å². The molecule has 32 heavy (non-hydrogen) atoms. The van der Waals surface area contributed by atoms with Crippen LogP contribution in [0.5, 0.6) is 0 Å². The first-order chi connectivity index (χ1) is 15.4. The summed E-state index contributed by atoms with van der Waals surface area (Å²) in [4.78, 5) is 20.4. The number of carboxylic acids is 1. The number of hydrogen-bond donors (Lipinski definition) is 1. The first-order valence-electron chi connectivity index (χ1n) is 11.7. The minimum atomic E-state index is -0.749. The van der Waals surface area contributed by atoms with E-state index in [0.29, 0.717) is 25.7 Å². The van der Waals surface area contributed by atoms with E-state index in [9.17, 15) is 9.90 Å². The number of piperidine rings is 1. The molecule has 7 nitrogen and oxygen atoms in total. The Labute approximate surface area is 190 Å². The predicted molar refractivity (Wildman–Crippen MR) is 124 cm³/mol. The highest BCUT2D eigenvalue weighted by Gasteiger charge is 2.45. The fraction of sp³-hybridized carbons (Fsp3) is 0.560. The van der Waals surface area contributed by atoms with Crippen LogP contribution in [0.3, 0.4) is 0 Å². The van der Waals surface area contributed by atoms with Crippen molar-refractivity contribution in [2.45, 2.75) is 72.1 Å². The maximum absolute atomic E-state index is 12.3. The average Bonchev–Trinajstić information content (AvgIpc) is 3.38. The van der Waals surface area contributed by atoms with Crippen LogP contribution in [0.15, 0.2) is 35.6 Å². The van der Waals surface area contributed by atoms with Crippen LogP contribution in [0.4, 0.5) is 0 Å². The summed E-state index contributed by atoms with van der Waals surface area (Å²) >= 11 is 0. The van der Waals surface area contributed by atoms with E-state index in [4.69, 9.17) is 4.84 Å². The van der Waals surface area contributed by atoms with Crippen LogP contribution in [0.2, 0.25) is 0 Å². The van der Waals surface area contributed by atoms with Gasteiger partial charge in [-0.25, -0.2) is 0 Å². The number of rotatable bonds is 8. The Morgan fingerprint density at radius 2 is 1.94 bits per heavy atom. The SMILES string of the molecule is CCCn1ncc(CN2CCC(C[C@@H]3CC(c4ccc(C)cc4)=NO3)(C(=O)O)CC2)c1C. The number of oxime groups is 1. The minimum absolute atomic E-state index is 0.177. The molecule has 1 aromatic carbocycles. The van der Waals surface area contributed by atoms with E-state index in [1.807, 2.05) is 6.20 Å². The Morgan fingerprint density at radius 3 is 2.59 bits per heavy atom. The summed E-state index contributed by atoms with van der Waals surface area (Å²) in [5, 5.41) is 18.9. The highest BCUT2D eigenvalue weighted by Crippen LogP contribution is 2.39. The van der Waals surface area contributed by atoms with Gasteiger partial charge in [-0.1, -0.05) is 41.9 Å². The number of likely N-dealkylation sites (tertiary alicyclic amines) is 1. The van der Waals surface area contributed by atoms with Crippen molar-refractivity contribution in [1.29, 1.82) is 0 Å². The molecule has 3 heterocycles. The summed E-state index contributed by atoms with van der Waals surface area (Å²) in [6.07, 6.45) is 5.27. The molecule has 2 aromatic rings. The number of nitrogens with zero attached hydrogens (tertiary/aromatic N) is 4. The molecule has 0 aliphatic carbocycles. The molecular weight excluding hydrogens is 404 g/mol. The number of aliphatic carboxylic acids is 1. The molecule has 0 amide bonds. The Hall–Kier alpha value is -2.67. The fourth-order valence-corrected chi connectivity index (χ4v) is 4.85. The molecule has 0 spiro atoms. The van der Waals surface area contributed by atoms with Gasteiger partial charge in [0.05, 0.1) is 17.3 Å². The Morgan fingerprint density at radius 1 is 1.22 bits per heavy atom. The average molecular weight is 439 g/mol. The van der Waals surface area contributed by atoms with E-state index >= 15 is 0 Å². The zero-order valence-corrected chi connectivity index (χ0v) is 19.4. The van der Waals surface area contributed by atoms with Crippen molar-refractivity contribution in [3.63, 3.8) is 0 Å². The second kappa shape index (κ2) is 9.45. The maximum Gasteiger partial charge on any atom is 0.309 e. The lowest BCUT2D eigenvalue weighted by Crippen LogP contribution is -2.45. The summed E-state index contributed by atoms with van der Waals surface area (Å²) in [6.45, 7) is 9.62. The number of carbonyl (C=O) groups is 1. The van der Waals surface area contributed by atoms with Crippen LogP contribution in [0.25, 0.3) is 0 Å². The zero-order valence-electron chi connectivity index (χ0n) is 19.4. The molecule has 2 aliphatic heterocycles. The third-order valence-electron chi connectivity index (χ3n) is 7.04. The summed E-state index contributed by atoms with van der Waals surface area (Å²) in [6, 6.07) is 8.23. The third-order valence-corrected chi connectivity index (χ3v) is 7.04. The van der Waals surface area contributed by atoms with E-state index in [2.05, 4.69) is 64.9 Å². The van der Waals surface area contributed by atoms with E-state index in [-0.39, 0.29) is 6.10 Å². The Bertz CT molecular complexity index is 972. The van der Waals surface area contributed by atoms with Crippen molar-refractivity contribution in [3.05, 3.63) is 52.8 Å². The smallest absolute Gasteiger partial charge is 0.309 e. The number of aromatic nitrogens is 2. The largest absolute Gasteiger partial charge is 0.481 e.